The maximum atomic E-state index is 13.0. The third-order valence-corrected chi connectivity index (χ3v) is 4.29. The van der Waals surface area contributed by atoms with Crippen LogP contribution in [0.5, 0.6) is 0 Å². The van der Waals surface area contributed by atoms with E-state index in [0.717, 1.165) is 50.6 Å². The number of halogens is 2. The maximum Gasteiger partial charge on any atom is 0.220 e. The topological polar surface area (TPSA) is 55.1 Å². The van der Waals surface area contributed by atoms with E-state index in [1.165, 1.54) is 12.1 Å². The van der Waals surface area contributed by atoms with Crippen LogP contribution in [0.15, 0.2) is 24.3 Å². The lowest BCUT2D eigenvalue weighted by Gasteiger charge is -2.16. The van der Waals surface area contributed by atoms with E-state index in [0.29, 0.717) is 13.0 Å². The molecule has 0 atom stereocenters. The van der Waals surface area contributed by atoms with Crippen LogP contribution < -0.4 is 11.1 Å². The first-order valence-corrected chi connectivity index (χ1v) is 7.89. The number of carbonyl (C=O) groups excluding carboxylic acids is 1. The fourth-order valence-corrected chi connectivity index (χ4v) is 2.66. The third-order valence-electron chi connectivity index (χ3n) is 4.29. The smallest absolute Gasteiger partial charge is 0.220 e. The predicted molar refractivity (Wildman–Crippen MR) is 89.7 cm³/mol. The minimum Gasteiger partial charge on any atom is -0.355 e. The van der Waals surface area contributed by atoms with Crippen molar-refractivity contribution in [3.8, 4) is 0 Å². The minimum absolute atomic E-state index is 0. The monoisotopic (exact) mass is 328 g/mol. The second-order valence-corrected chi connectivity index (χ2v) is 6.02. The van der Waals surface area contributed by atoms with Gasteiger partial charge >= 0.3 is 0 Å². The molecule has 3 N–H and O–H groups in total. The van der Waals surface area contributed by atoms with Gasteiger partial charge in [-0.15, -0.1) is 12.4 Å². The summed E-state index contributed by atoms with van der Waals surface area (Å²) < 4.78 is 13.0. The number of carbonyl (C=O) groups is 1. The van der Waals surface area contributed by atoms with Gasteiger partial charge in [0.2, 0.25) is 5.91 Å². The first kappa shape index (κ1) is 18.9. The normalized spacial score (nSPS) is 15.0. The summed E-state index contributed by atoms with van der Waals surface area (Å²) >= 11 is 0. The van der Waals surface area contributed by atoms with Gasteiger partial charge in [-0.05, 0) is 49.9 Å². The molecule has 0 radical (unpaired) electrons. The fraction of sp³-hybridized carbons (Fsp3) is 0.588. The van der Waals surface area contributed by atoms with Crippen molar-refractivity contribution in [3.05, 3.63) is 35.6 Å². The van der Waals surface area contributed by atoms with Crippen molar-refractivity contribution in [1.82, 2.24) is 5.32 Å². The molecule has 3 nitrogen and oxygen atoms in total. The van der Waals surface area contributed by atoms with Crippen molar-refractivity contribution in [2.75, 3.05) is 13.1 Å². The highest BCUT2D eigenvalue weighted by Crippen LogP contribution is 2.47. The van der Waals surface area contributed by atoms with E-state index in [9.17, 15) is 9.18 Å². The number of nitrogens with one attached hydrogen (secondary N) is 1. The molecule has 0 bridgehead atoms. The van der Waals surface area contributed by atoms with Crippen molar-refractivity contribution in [2.45, 2.75) is 50.4 Å². The first-order valence-electron chi connectivity index (χ1n) is 7.89. The zero-order valence-electron chi connectivity index (χ0n) is 12.9. The predicted octanol–water partition coefficient (Wildman–Crippen LogP) is 3.30. The van der Waals surface area contributed by atoms with Crippen LogP contribution in [0, 0.1) is 5.82 Å². The van der Waals surface area contributed by atoms with Gasteiger partial charge < -0.3 is 11.1 Å². The fourth-order valence-electron chi connectivity index (χ4n) is 2.66. The molecule has 0 unspecified atom stereocenters. The van der Waals surface area contributed by atoms with Crippen molar-refractivity contribution in [1.29, 1.82) is 0 Å². The summed E-state index contributed by atoms with van der Waals surface area (Å²) in [6.45, 7) is 1.40. The summed E-state index contributed by atoms with van der Waals surface area (Å²) in [5, 5.41) is 3.03. The first-order chi connectivity index (χ1) is 10.2. The zero-order valence-corrected chi connectivity index (χ0v) is 13.8. The SMILES string of the molecule is Cl.NCCCCCCC(=O)NCC1(c2ccc(F)cc2)CC1. The van der Waals surface area contributed by atoms with Gasteiger partial charge in [0.15, 0.2) is 0 Å². The van der Waals surface area contributed by atoms with Gasteiger partial charge in [-0.1, -0.05) is 25.0 Å². The van der Waals surface area contributed by atoms with Gasteiger partial charge in [-0.25, -0.2) is 4.39 Å². The molecule has 22 heavy (non-hydrogen) atoms. The number of benzene rings is 1. The van der Waals surface area contributed by atoms with E-state index in [1.807, 2.05) is 12.1 Å². The molecule has 1 aromatic carbocycles. The van der Waals surface area contributed by atoms with Crippen molar-refractivity contribution in [2.24, 2.45) is 5.73 Å². The second kappa shape index (κ2) is 9.11. The molecule has 0 aliphatic heterocycles. The Morgan fingerprint density at radius 2 is 1.77 bits per heavy atom. The van der Waals surface area contributed by atoms with Gasteiger partial charge in [0.25, 0.3) is 0 Å². The highest BCUT2D eigenvalue weighted by atomic mass is 35.5. The summed E-state index contributed by atoms with van der Waals surface area (Å²) in [4.78, 5) is 11.8. The van der Waals surface area contributed by atoms with Gasteiger partial charge in [0.1, 0.15) is 5.82 Å². The highest BCUT2D eigenvalue weighted by molar-refractivity contribution is 5.85. The minimum atomic E-state index is -0.212. The Bertz CT molecular complexity index is 460. The summed E-state index contributed by atoms with van der Waals surface area (Å²) in [6, 6.07) is 6.66. The molecule has 1 aliphatic rings. The standard InChI is InChI=1S/C17H25FN2O.ClH/c18-15-8-6-14(7-9-15)17(10-11-17)13-20-16(21)5-3-1-2-4-12-19;/h6-9H,1-5,10-13,19H2,(H,20,21);1H. The number of rotatable bonds is 9. The summed E-state index contributed by atoms with van der Waals surface area (Å²) in [5.41, 5.74) is 6.61. The molecule has 0 saturated heterocycles. The Balaban J connectivity index is 0.00000242. The van der Waals surface area contributed by atoms with E-state index in [1.54, 1.807) is 0 Å². The molecule has 0 aromatic heterocycles. The van der Waals surface area contributed by atoms with Crippen LogP contribution in [-0.2, 0) is 10.2 Å². The van der Waals surface area contributed by atoms with Crippen molar-refractivity contribution < 1.29 is 9.18 Å². The van der Waals surface area contributed by atoms with E-state index >= 15 is 0 Å². The molecule has 1 amide bonds. The number of hydrogen-bond donors (Lipinski definition) is 2. The average Bonchev–Trinajstić information content (AvgIpc) is 3.27. The zero-order chi connectivity index (χ0) is 15.1. The van der Waals surface area contributed by atoms with Gasteiger partial charge in [-0.2, -0.15) is 0 Å². The Morgan fingerprint density at radius 1 is 1.14 bits per heavy atom. The van der Waals surface area contributed by atoms with Crippen LogP contribution in [0.1, 0.15) is 50.5 Å². The van der Waals surface area contributed by atoms with Gasteiger partial charge in [-0.3, -0.25) is 4.79 Å². The quantitative estimate of drug-likeness (QED) is 0.683. The van der Waals surface area contributed by atoms with Crippen LogP contribution >= 0.6 is 12.4 Å². The molecule has 1 aliphatic carbocycles. The van der Waals surface area contributed by atoms with Crippen LogP contribution in [0.25, 0.3) is 0 Å². The molecule has 0 heterocycles. The summed E-state index contributed by atoms with van der Waals surface area (Å²) in [5.74, 6) is -0.0906. The van der Waals surface area contributed by atoms with E-state index in [4.69, 9.17) is 5.73 Å². The lowest BCUT2D eigenvalue weighted by atomic mass is 9.96. The van der Waals surface area contributed by atoms with E-state index < -0.39 is 0 Å². The average molecular weight is 329 g/mol. The Labute approximate surface area is 138 Å². The van der Waals surface area contributed by atoms with Crippen LogP contribution in [0.4, 0.5) is 4.39 Å². The largest absolute Gasteiger partial charge is 0.355 e. The molecule has 0 spiro atoms. The Morgan fingerprint density at radius 3 is 2.36 bits per heavy atom. The molecule has 1 aromatic rings. The molecule has 124 valence electrons. The number of amides is 1. The molecule has 1 saturated carbocycles. The summed E-state index contributed by atoms with van der Waals surface area (Å²) in [7, 11) is 0. The maximum absolute atomic E-state index is 13.0. The number of hydrogen-bond acceptors (Lipinski definition) is 2. The molecule has 2 rings (SSSR count). The molecular weight excluding hydrogens is 303 g/mol. The lowest BCUT2D eigenvalue weighted by Crippen LogP contribution is -2.32. The van der Waals surface area contributed by atoms with Crippen LogP contribution in [-0.4, -0.2) is 19.0 Å². The number of nitrogens with two attached hydrogens (primary N) is 1. The van der Waals surface area contributed by atoms with Gasteiger partial charge in [0, 0.05) is 18.4 Å². The van der Waals surface area contributed by atoms with Crippen molar-refractivity contribution in [3.63, 3.8) is 0 Å². The number of unbranched alkanes of at least 4 members (excludes halogenated alkanes) is 3. The highest BCUT2D eigenvalue weighted by Gasteiger charge is 2.44. The second-order valence-electron chi connectivity index (χ2n) is 6.02. The summed E-state index contributed by atoms with van der Waals surface area (Å²) in [6.07, 6.45) is 6.84. The van der Waals surface area contributed by atoms with Gasteiger partial charge in [0.05, 0.1) is 0 Å². The lowest BCUT2D eigenvalue weighted by molar-refractivity contribution is -0.121. The molecule has 1 fully saturated rings. The Kier molecular flexibility index (Phi) is 7.83. The third kappa shape index (κ3) is 5.58. The van der Waals surface area contributed by atoms with Crippen LogP contribution in [0.2, 0.25) is 0 Å². The van der Waals surface area contributed by atoms with Crippen LogP contribution in [0.3, 0.4) is 0 Å². The van der Waals surface area contributed by atoms with Crippen molar-refractivity contribution >= 4 is 18.3 Å². The molecular formula is C17H26ClFN2O. The Hall–Kier alpha value is -1.13. The van der Waals surface area contributed by atoms with E-state index in [-0.39, 0.29) is 29.5 Å². The van der Waals surface area contributed by atoms with E-state index in [2.05, 4.69) is 5.32 Å². The molecule has 5 heteroatoms.